The summed E-state index contributed by atoms with van der Waals surface area (Å²) in [6.45, 7) is 4.31. The zero-order valence-corrected chi connectivity index (χ0v) is 53.5. The van der Waals surface area contributed by atoms with Crippen molar-refractivity contribution in [1.82, 2.24) is 5.32 Å². The fourth-order valence-corrected chi connectivity index (χ4v) is 11.2. The molecule has 0 aromatic carbocycles. The quantitative estimate of drug-likeness (QED) is 0.0195. The highest BCUT2D eigenvalue weighted by atomic mass is 16.7. The van der Waals surface area contributed by atoms with Gasteiger partial charge in [-0.05, 0) is 70.6 Å². The van der Waals surface area contributed by atoms with Gasteiger partial charge in [0, 0.05) is 12.8 Å². The van der Waals surface area contributed by atoms with Crippen LogP contribution in [0.25, 0.3) is 0 Å². The number of allylic oxidation sites excluding steroid dienone is 5. The molecule has 0 radical (unpaired) electrons. The predicted octanol–water partition coefficient (Wildman–Crippen LogP) is 17.8. The number of amides is 1. The fourth-order valence-electron chi connectivity index (χ4n) is 11.2. The lowest BCUT2D eigenvalue weighted by Gasteiger charge is -2.40. The van der Waals surface area contributed by atoms with Gasteiger partial charge >= 0.3 is 5.97 Å². The lowest BCUT2D eigenvalue weighted by Crippen LogP contribution is -2.60. The number of aliphatic hydroxyl groups is 5. The van der Waals surface area contributed by atoms with Crippen molar-refractivity contribution in [2.75, 3.05) is 19.8 Å². The van der Waals surface area contributed by atoms with Crippen LogP contribution in [0, 0.1) is 0 Å². The number of hydrogen-bond donors (Lipinski definition) is 6. The molecule has 482 valence electrons. The van der Waals surface area contributed by atoms with Crippen LogP contribution in [0.5, 0.6) is 0 Å². The average Bonchev–Trinajstić information content (AvgIpc) is 3.53. The van der Waals surface area contributed by atoms with E-state index in [1.54, 1.807) is 6.08 Å². The van der Waals surface area contributed by atoms with Crippen LogP contribution in [0.1, 0.15) is 341 Å². The summed E-state index contributed by atoms with van der Waals surface area (Å²) in [6.07, 6.45) is 67.3. The summed E-state index contributed by atoms with van der Waals surface area (Å²) in [6, 6.07) is -0.825. The van der Waals surface area contributed by atoms with Crippen LogP contribution in [-0.4, -0.2) is 100 Å². The van der Waals surface area contributed by atoms with Gasteiger partial charge in [0.05, 0.1) is 32.0 Å². The second-order valence-electron chi connectivity index (χ2n) is 24.6. The molecule has 7 unspecified atom stereocenters. The van der Waals surface area contributed by atoms with Crippen LogP contribution in [0.3, 0.4) is 0 Å². The highest BCUT2D eigenvalue weighted by Crippen LogP contribution is 2.23. The zero-order chi connectivity index (χ0) is 59.5. The second-order valence-corrected chi connectivity index (χ2v) is 24.6. The van der Waals surface area contributed by atoms with Gasteiger partial charge in [0.15, 0.2) is 6.29 Å². The van der Waals surface area contributed by atoms with Crippen LogP contribution in [0.2, 0.25) is 0 Å². The third-order valence-corrected chi connectivity index (χ3v) is 16.7. The molecule has 1 saturated heterocycles. The standard InChI is InChI=1S/C71H133NO10/c1-3-5-7-9-11-13-14-15-32-36-39-43-47-51-55-59-67(76)80-60-56-52-48-44-40-37-34-31-29-27-25-23-21-19-17-16-18-20-22-24-26-28-30-33-35-38-42-46-50-54-58-66(75)72-63(64(74)57-53-49-45-41-12-10-8-6-4-2)62-81-71-70(79)69(78)68(77)65(61-73)82-71/h12,17,19,41,53,57,63-65,68-71,73-74,77-79H,3-11,13-16,18,20-40,42-52,54-56,58-62H2,1-2H3,(H,72,75)/b19-17-,41-12+,57-53+. The molecular formula is C71H133NO10. The van der Waals surface area contributed by atoms with E-state index in [4.69, 9.17) is 14.2 Å². The molecule has 0 aliphatic carbocycles. The Labute approximate surface area is 504 Å². The van der Waals surface area contributed by atoms with Crippen molar-refractivity contribution in [3.63, 3.8) is 0 Å². The molecular weight excluding hydrogens is 1030 g/mol. The number of ether oxygens (including phenoxy) is 3. The SMILES string of the molecule is CCCCC/C=C/CC/C=C/C(O)C(COC1OC(CO)C(O)C(O)C1O)NC(=O)CCCCCCCCCCCCCCCC/C=C\CCCCCCCCCCCCCCOC(=O)CCCCCCCCCCCCCCCCC. The van der Waals surface area contributed by atoms with Gasteiger partial charge in [-0.2, -0.15) is 0 Å². The lowest BCUT2D eigenvalue weighted by molar-refractivity contribution is -0.302. The summed E-state index contributed by atoms with van der Waals surface area (Å²) in [5.74, 6) is -0.180. The van der Waals surface area contributed by atoms with E-state index in [1.165, 1.54) is 263 Å². The third kappa shape index (κ3) is 49.0. The Morgan fingerprint density at radius 3 is 1.23 bits per heavy atom. The molecule has 1 amide bonds. The minimum Gasteiger partial charge on any atom is -0.466 e. The maximum atomic E-state index is 13.0. The van der Waals surface area contributed by atoms with Crippen molar-refractivity contribution in [2.45, 2.75) is 384 Å². The molecule has 0 spiro atoms. The summed E-state index contributed by atoms with van der Waals surface area (Å²) in [7, 11) is 0. The van der Waals surface area contributed by atoms with Crippen LogP contribution >= 0.6 is 0 Å². The molecule has 7 atom stereocenters. The van der Waals surface area contributed by atoms with Crippen molar-refractivity contribution < 1.29 is 49.3 Å². The van der Waals surface area contributed by atoms with Gasteiger partial charge in [0.25, 0.3) is 0 Å². The summed E-state index contributed by atoms with van der Waals surface area (Å²) in [5.41, 5.74) is 0. The molecule has 0 bridgehead atoms. The number of carbonyl (C=O) groups excluding carboxylic acids is 2. The number of nitrogens with one attached hydrogen (secondary N) is 1. The topological polar surface area (TPSA) is 175 Å². The number of carbonyl (C=O) groups is 2. The maximum absolute atomic E-state index is 13.0. The number of rotatable bonds is 62. The van der Waals surface area contributed by atoms with Gasteiger partial charge in [-0.25, -0.2) is 0 Å². The summed E-state index contributed by atoms with van der Waals surface area (Å²) >= 11 is 0. The Hall–Kier alpha value is -2.12. The minimum absolute atomic E-state index is 0.0117. The molecule has 1 heterocycles. The number of unbranched alkanes of at least 4 members (excludes halogenated alkanes) is 44. The number of aliphatic hydroxyl groups excluding tert-OH is 5. The lowest BCUT2D eigenvalue weighted by atomic mass is 9.99. The second kappa shape index (κ2) is 60.6. The Kier molecular flexibility index (Phi) is 57.5. The van der Waals surface area contributed by atoms with E-state index >= 15 is 0 Å². The molecule has 0 saturated carbocycles. The van der Waals surface area contributed by atoms with E-state index in [1.807, 2.05) is 6.08 Å². The van der Waals surface area contributed by atoms with Crippen LogP contribution in [-0.2, 0) is 23.8 Å². The Morgan fingerprint density at radius 1 is 0.439 bits per heavy atom. The van der Waals surface area contributed by atoms with Crippen molar-refractivity contribution in [2.24, 2.45) is 0 Å². The predicted molar refractivity (Wildman–Crippen MR) is 343 cm³/mol. The van der Waals surface area contributed by atoms with Gasteiger partial charge in [-0.3, -0.25) is 9.59 Å². The molecule has 0 aromatic rings. The molecule has 82 heavy (non-hydrogen) atoms. The molecule has 1 aliphatic rings. The van der Waals surface area contributed by atoms with Gasteiger partial charge in [-0.1, -0.05) is 294 Å². The van der Waals surface area contributed by atoms with Gasteiger partial charge in [0.2, 0.25) is 5.91 Å². The van der Waals surface area contributed by atoms with Crippen molar-refractivity contribution >= 4 is 11.9 Å². The first-order valence-corrected chi connectivity index (χ1v) is 35.3. The van der Waals surface area contributed by atoms with Crippen LogP contribution < -0.4 is 5.32 Å². The third-order valence-electron chi connectivity index (χ3n) is 16.7. The molecule has 1 rings (SSSR count). The fraction of sp³-hybridized carbons (Fsp3) is 0.887. The molecule has 11 nitrogen and oxygen atoms in total. The minimum atomic E-state index is -1.57. The highest BCUT2D eigenvalue weighted by molar-refractivity contribution is 5.76. The first-order valence-electron chi connectivity index (χ1n) is 35.3. The van der Waals surface area contributed by atoms with Crippen LogP contribution in [0.15, 0.2) is 36.5 Å². The van der Waals surface area contributed by atoms with E-state index in [9.17, 15) is 35.1 Å². The van der Waals surface area contributed by atoms with Crippen molar-refractivity contribution in [3.05, 3.63) is 36.5 Å². The largest absolute Gasteiger partial charge is 0.466 e. The highest BCUT2D eigenvalue weighted by Gasteiger charge is 2.44. The van der Waals surface area contributed by atoms with Gasteiger partial charge < -0.3 is 45.1 Å². The number of hydrogen-bond acceptors (Lipinski definition) is 10. The van der Waals surface area contributed by atoms with E-state index in [-0.39, 0.29) is 18.5 Å². The number of esters is 1. The monoisotopic (exact) mass is 1160 g/mol. The smallest absolute Gasteiger partial charge is 0.305 e. The van der Waals surface area contributed by atoms with E-state index < -0.39 is 49.5 Å². The first kappa shape index (κ1) is 77.9. The average molecular weight is 1160 g/mol. The van der Waals surface area contributed by atoms with Gasteiger partial charge in [-0.15, -0.1) is 0 Å². The molecule has 6 N–H and O–H groups in total. The van der Waals surface area contributed by atoms with E-state index in [0.29, 0.717) is 19.4 Å². The summed E-state index contributed by atoms with van der Waals surface area (Å²) < 4.78 is 16.7. The summed E-state index contributed by atoms with van der Waals surface area (Å²) in [4.78, 5) is 25.1. The van der Waals surface area contributed by atoms with Crippen molar-refractivity contribution in [3.8, 4) is 0 Å². The molecule has 0 aromatic heterocycles. The van der Waals surface area contributed by atoms with Crippen LogP contribution in [0.4, 0.5) is 0 Å². The molecule has 1 fully saturated rings. The molecule has 1 aliphatic heterocycles. The Morgan fingerprint density at radius 2 is 0.793 bits per heavy atom. The van der Waals surface area contributed by atoms with Gasteiger partial charge in [0.1, 0.15) is 24.4 Å². The van der Waals surface area contributed by atoms with E-state index in [2.05, 4.69) is 43.5 Å². The first-order chi connectivity index (χ1) is 40.2. The summed E-state index contributed by atoms with van der Waals surface area (Å²) in [5, 5.41) is 54.2. The molecule has 11 heteroatoms. The Bertz CT molecular complexity index is 1460. The van der Waals surface area contributed by atoms with E-state index in [0.717, 1.165) is 51.4 Å². The maximum Gasteiger partial charge on any atom is 0.305 e. The zero-order valence-electron chi connectivity index (χ0n) is 53.5. The van der Waals surface area contributed by atoms with Crippen molar-refractivity contribution in [1.29, 1.82) is 0 Å². The Balaban J connectivity index is 1.91. The normalized spacial score (nSPS) is 18.4.